The monoisotopic (exact) mass is 120 g/mol. The minimum atomic E-state index is -0.250. The molecule has 3 nitrogen and oxygen atoms in total. The zero-order valence-electron chi connectivity index (χ0n) is 5.00. The molecule has 2 N–H and O–H groups in total. The molecular formula is C5H12O3. The predicted molar refractivity (Wildman–Crippen MR) is 30.7 cm³/mol. The molecule has 8 heavy (non-hydrogen) atoms. The van der Waals surface area contributed by atoms with Crippen LogP contribution in [0.15, 0.2) is 0 Å². The van der Waals surface area contributed by atoms with Crippen molar-refractivity contribution in [3.05, 3.63) is 0 Å². The van der Waals surface area contributed by atoms with E-state index in [9.17, 15) is 0 Å². The fourth-order valence-electron chi connectivity index (χ4n) is 0.158. The van der Waals surface area contributed by atoms with E-state index in [4.69, 9.17) is 15.0 Å². The summed E-state index contributed by atoms with van der Waals surface area (Å²) in [5, 5.41) is 15.0. The molecule has 0 aromatic carbocycles. The zero-order valence-corrected chi connectivity index (χ0v) is 5.00. The Balaban J connectivity index is 0. The van der Waals surface area contributed by atoms with Crippen LogP contribution in [0.1, 0.15) is 19.8 Å². The van der Waals surface area contributed by atoms with Gasteiger partial charge >= 0.3 is 0 Å². The van der Waals surface area contributed by atoms with Crippen LogP contribution >= 0.6 is 0 Å². The second kappa shape index (κ2) is 16.1. The minimum Gasteiger partial charge on any atom is -0.483 e. The van der Waals surface area contributed by atoms with E-state index in [1.807, 2.05) is 0 Å². The van der Waals surface area contributed by atoms with Crippen molar-refractivity contribution in [3.8, 4) is 0 Å². The number of hydrogen-bond donors (Lipinski definition) is 2. The molecule has 0 saturated carbocycles. The van der Waals surface area contributed by atoms with E-state index in [1.54, 1.807) is 0 Å². The van der Waals surface area contributed by atoms with Crippen molar-refractivity contribution in [2.24, 2.45) is 0 Å². The Labute approximate surface area is 49.0 Å². The van der Waals surface area contributed by atoms with Crippen LogP contribution in [0, 0.1) is 0 Å². The SMILES string of the molecule is CCCCO.O=CO. The molecule has 0 spiro atoms. The van der Waals surface area contributed by atoms with E-state index in [1.165, 1.54) is 0 Å². The summed E-state index contributed by atoms with van der Waals surface area (Å²) in [7, 11) is 0. The van der Waals surface area contributed by atoms with Crippen LogP contribution in [0.2, 0.25) is 0 Å². The largest absolute Gasteiger partial charge is 0.483 e. The van der Waals surface area contributed by atoms with Gasteiger partial charge in [0.05, 0.1) is 0 Å². The standard InChI is InChI=1S/C4H10O.CH2O2/c1-2-3-4-5;2-1-3/h5H,2-4H2,1H3;1H,(H,2,3). The van der Waals surface area contributed by atoms with Crippen molar-refractivity contribution >= 4 is 6.47 Å². The van der Waals surface area contributed by atoms with Crippen LogP contribution in [0.3, 0.4) is 0 Å². The quantitative estimate of drug-likeness (QED) is 0.521. The fourth-order valence-corrected chi connectivity index (χ4v) is 0.158. The van der Waals surface area contributed by atoms with Gasteiger partial charge in [-0.1, -0.05) is 13.3 Å². The van der Waals surface area contributed by atoms with Gasteiger partial charge in [0.25, 0.3) is 6.47 Å². The van der Waals surface area contributed by atoms with E-state index in [0.29, 0.717) is 6.61 Å². The maximum absolute atomic E-state index is 8.36. The lowest BCUT2D eigenvalue weighted by molar-refractivity contribution is -0.122. The van der Waals surface area contributed by atoms with Gasteiger partial charge in [-0.2, -0.15) is 0 Å². The first kappa shape index (κ1) is 10.4. The highest BCUT2D eigenvalue weighted by atomic mass is 16.3. The molecule has 0 amide bonds. The smallest absolute Gasteiger partial charge is 0.290 e. The molecule has 0 unspecified atom stereocenters. The highest BCUT2D eigenvalue weighted by molar-refractivity contribution is 5.32. The highest BCUT2D eigenvalue weighted by Gasteiger charge is 1.69. The topological polar surface area (TPSA) is 57.5 Å². The molecular weight excluding hydrogens is 108 g/mol. The first-order chi connectivity index (χ1) is 3.83. The average molecular weight is 120 g/mol. The Morgan fingerprint density at radius 3 is 2.00 bits per heavy atom. The second-order valence-electron chi connectivity index (χ2n) is 1.18. The molecule has 3 heteroatoms. The summed E-state index contributed by atoms with van der Waals surface area (Å²) in [4.78, 5) is 8.36. The van der Waals surface area contributed by atoms with Crippen LogP contribution in [-0.2, 0) is 4.79 Å². The third kappa shape index (κ3) is 52.1. The summed E-state index contributed by atoms with van der Waals surface area (Å²) >= 11 is 0. The molecule has 0 saturated heterocycles. The Bertz CT molecular complexity index is 34.7. The summed E-state index contributed by atoms with van der Waals surface area (Å²) in [6.07, 6.45) is 2.04. The van der Waals surface area contributed by atoms with Crippen LogP contribution in [-0.4, -0.2) is 23.3 Å². The highest BCUT2D eigenvalue weighted by Crippen LogP contribution is 1.78. The minimum absolute atomic E-state index is 0.250. The maximum Gasteiger partial charge on any atom is 0.290 e. The summed E-state index contributed by atoms with van der Waals surface area (Å²) in [5.41, 5.74) is 0. The van der Waals surface area contributed by atoms with E-state index < -0.39 is 0 Å². The first-order valence-corrected chi connectivity index (χ1v) is 2.52. The Morgan fingerprint density at radius 1 is 1.62 bits per heavy atom. The summed E-state index contributed by atoms with van der Waals surface area (Å²) < 4.78 is 0. The van der Waals surface area contributed by atoms with Crippen LogP contribution in [0.25, 0.3) is 0 Å². The van der Waals surface area contributed by atoms with E-state index >= 15 is 0 Å². The number of hydrogen-bond acceptors (Lipinski definition) is 2. The molecule has 0 aromatic heterocycles. The van der Waals surface area contributed by atoms with Gasteiger partial charge in [-0.05, 0) is 6.42 Å². The number of carboxylic acid groups (broad SMARTS) is 1. The third-order valence-corrected chi connectivity index (χ3v) is 0.512. The van der Waals surface area contributed by atoms with Gasteiger partial charge in [0.1, 0.15) is 0 Å². The van der Waals surface area contributed by atoms with Crippen LogP contribution in [0.4, 0.5) is 0 Å². The van der Waals surface area contributed by atoms with Crippen molar-refractivity contribution in [2.75, 3.05) is 6.61 Å². The average Bonchev–Trinajstić information content (AvgIpc) is 1.71. The maximum atomic E-state index is 8.36. The molecule has 0 aliphatic carbocycles. The van der Waals surface area contributed by atoms with Gasteiger partial charge in [0.15, 0.2) is 0 Å². The number of aliphatic hydroxyl groups is 1. The molecule has 50 valence electrons. The van der Waals surface area contributed by atoms with Crippen molar-refractivity contribution in [2.45, 2.75) is 19.8 Å². The van der Waals surface area contributed by atoms with Gasteiger partial charge in [0, 0.05) is 6.61 Å². The third-order valence-electron chi connectivity index (χ3n) is 0.512. The number of unbranched alkanes of at least 4 members (excludes halogenated alkanes) is 1. The molecule has 0 aliphatic heterocycles. The van der Waals surface area contributed by atoms with Crippen LogP contribution in [0.5, 0.6) is 0 Å². The molecule has 0 fully saturated rings. The van der Waals surface area contributed by atoms with Gasteiger partial charge in [-0.25, -0.2) is 0 Å². The van der Waals surface area contributed by atoms with Gasteiger partial charge in [-0.15, -0.1) is 0 Å². The lowest BCUT2D eigenvalue weighted by Gasteiger charge is -1.79. The molecule has 0 aliphatic rings. The molecule has 0 radical (unpaired) electrons. The van der Waals surface area contributed by atoms with Crippen molar-refractivity contribution in [3.63, 3.8) is 0 Å². The van der Waals surface area contributed by atoms with Gasteiger partial charge in [0.2, 0.25) is 0 Å². The zero-order chi connectivity index (χ0) is 6.83. The summed E-state index contributed by atoms with van der Waals surface area (Å²) in [6.45, 7) is 2.15. The number of carbonyl (C=O) groups is 1. The van der Waals surface area contributed by atoms with E-state index in [2.05, 4.69) is 6.92 Å². The van der Waals surface area contributed by atoms with E-state index in [0.717, 1.165) is 12.8 Å². The molecule has 0 aromatic rings. The number of aliphatic hydroxyl groups excluding tert-OH is 1. The summed E-state index contributed by atoms with van der Waals surface area (Å²) in [5.74, 6) is 0. The Morgan fingerprint density at radius 2 is 2.00 bits per heavy atom. The molecule has 0 bridgehead atoms. The Hall–Kier alpha value is -0.570. The van der Waals surface area contributed by atoms with Crippen molar-refractivity contribution in [1.29, 1.82) is 0 Å². The van der Waals surface area contributed by atoms with Gasteiger partial charge < -0.3 is 10.2 Å². The van der Waals surface area contributed by atoms with Crippen molar-refractivity contribution in [1.82, 2.24) is 0 Å². The Kier molecular flexibility index (Phi) is 21.0. The van der Waals surface area contributed by atoms with E-state index in [-0.39, 0.29) is 6.47 Å². The second-order valence-corrected chi connectivity index (χ2v) is 1.18. The first-order valence-electron chi connectivity index (χ1n) is 2.52. The van der Waals surface area contributed by atoms with Gasteiger partial charge in [-0.3, -0.25) is 4.79 Å². The number of rotatable bonds is 2. The molecule has 0 heterocycles. The molecule has 0 rings (SSSR count). The lowest BCUT2D eigenvalue weighted by atomic mass is 10.4. The van der Waals surface area contributed by atoms with Crippen molar-refractivity contribution < 1.29 is 15.0 Å². The normalized spacial score (nSPS) is 6.75. The fraction of sp³-hybridized carbons (Fsp3) is 0.800. The summed E-state index contributed by atoms with van der Waals surface area (Å²) in [6, 6.07) is 0. The predicted octanol–water partition coefficient (Wildman–Crippen LogP) is 0.480. The molecule has 0 atom stereocenters. The van der Waals surface area contributed by atoms with Crippen LogP contribution < -0.4 is 0 Å². The lowest BCUT2D eigenvalue weighted by Crippen LogP contribution is -1.75.